The van der Waals surface area contributed by atoms with Crippen molar-refractivity contribution in [2.45, 2.75) is 6.54 Å². The van der Waals surface area contributed by atoms with Crippen LogP contribution in [0.2, 0.25) is 0 Å². The lowest BCUT2D eigenvalue weighted by Crippen LogP contribution is -2.47. The Morgan fingerprint density at radius 1 is 0.897 bits per heavy atom. The topological polar surface area (TPSA) is 61.4 Å². The zero-order valence-corrected chi connectivity index (χ0v) is 16.0. The van der Waals surface area contributed by atoms with E-state index in [0.717, 1.165) is 31.7 Å². The third kappa shape index (κ3) is 4.68. The monoisotopic (exact) mass is 391 g/mol. The normalized spacial score (nSPS) is 14.0. The van der Waals surface area contributed by atoms with Gasteiger partial charge in [-0.3, -0.25) is 4.79 Å². The van der Waals surface area contributed by atoms with Gasteiger partial charge in [0.15, 0.2) is 0 Å². The molecule has 2 aromatic carbocycles. The first-order chi connectivity index (χ1) is 14.2. The van der Waals surface area contributed by atoms with Gasteiger partial charge in [-0.1, -0.05) is 30.3 Å². The highest BCUT2D eigenvalue weighted by atomic mass is 19.1. The second-order valence-electron chi connectivity index (χ2n) is 6.89. The molecule has 0 radical (unpaired) electrons. The van der Waals surface area contributed by atoms with Crippen LogP contribution in [0.25, 0.3) is 0 Å². The third-order valence-corrected chi connectivity index (χ3v) is 4.95. The number of amides is 1. The zero-order valence-electron chi connectivity index (χ0n) is 16.0. The Balaban J connectivity index is 1.31. The summed E-state index contributed by atoms with van der Waals surface area (Å²) in [6.07, 6.45) is 3.10. The van der Waals surface area contributed by atoms with Gasteiger partial charge in [0, 0.05) is 50.8 Å². The molecule has 29 heavy (non-hydrogen) atoms. The van der Waals surface area contributed by atoms with Crippen molar-refractivity contribution < 1.29 is 9.18 Å². The molecule has 1 aliphatic rings. The summed E-state index contributed by atoms with van der Waals surface area (Å²) in [6, 6.07) is 16.4. The Labute approximate surface area is 169 Å². The van der Waals surface area contributed by atoms with E-state index in [2.05, 4.69) is 37.2 Å². The van der Waals surface area contributed by atoms with Crippen LogP contribution in [0, 0.1) is 5.82 Å². The summed E-state index contributed by atoms with van der Waals surface area (Å²) in [5.74, 6) is 0.0798. The van der Waals surface area contributed by atoms with Gasteiger partial charge in [-0.2, -0.15) is 0 Å². The first-order valence-corrected chi connectivity index (χ1v) is 9.59. The maximum absolute atomic E-state index is 12.9. The predicted octanol–water partition coefficient (Wildman–Crippen LogP) is 2.87. The Morgan fingerprint density at radius 3 is 2.17 bits per heavy atom. The van der Waals surface area contributed by atoms with Crippen LogP contribution in [0.4, 0.5) is 16.0 Å². The van der Waals surface area contributed by atoms with E-state index in [4.69, 9.17) is 0 Å². The first kappa shape index (κ1) is 18.9. The molecule has 0 saturated carbocycles. The molecular weight excluding hydrogens is 369 g/mol. The molecule has 0 bridgehead atoms. The number of rotatable bonds is 5. The van der Waals surface area contributed by atoms with Gasteiger partial charge in [0.25, 0.3) is 5.91 Å². The molecule has 6 nitrogen and oxygen atoms in total. The Bertz CT molecular complexity index is 939. The molecule has 1 amide bonds. The summed E-state index contributed by atoms with van der Waals surface area (Å²) >= 11 is 0. The Hall–Kier alpha value is -3.48. The molecular formula is C22H22FN5O. The SMILES string of the molecule is O=C(NCc1ccc(F)cc1)c1cnc(N2CCN(c3ccccc3)CC2)nc1. The number of benzene rings is 2. The fourth-order valence-electron chi connectivity index (χ4n) is 3.29. The second-order valence-corrected chi connectivity index (χ2v) is 6.89. The van der Waals surface area contributed by atoms with Gasteiger partial charge < -0.3 is 15.1 Å². The number of carbonyl (C=O) groups excluding carboxylic acids is 1. The molecule has 148 valence electrons. The Morgan fingerprint density at radius 2 is 1.52 bits per heavy atom. The minimum absolute atomic E-state index is 0.255. The van der Waals surface area contributed by atoms with Crippen molar-refractivity contribution in [2.24, 2.45) is 0 Å². The molecule has 3 aromatic rings. The molecule has 2 heterocycles. The summed E-state index contributed by atoms with van der Waals surface area (Å²) in [5, 5.41) is 2.80. The van der Waals surface area contributed by atoms with E-state index in [1.54, 1.807) is 24.5 Å². The summed E-state index contributed by atoms with van der Waals surface area (Å²) in [5.41, 5.74) is 2.45. The number of halogens is 1. The largest absolute Gasteiger partial charge is 0.368 e. The van der Waals surface area contributed by atoms with Gasteiger partial charge in [0.1, 0.15) is 5.82 Å². The summed E-state index contributed by atoms with van der Waals surface area (Å²) in [7, 11) is 0. The number of nitrogens with one attached hydrogen (secondary N) is 1. The first-order valence-electron chi connectivity index (χ1n) is 9.59. The molecule has 4 rings (SSSR count). The minimum atomic E-state index is -0.298. The number of hydrogen-bond acceptors (Lipinski definition) is 5. The average molecular weight is 391 g/mol. The van der Waals surface area contributed by atoms with E-state index in [9.17, 15) is 9.18 Å². The van der Waals surface area contributed by atoms with Crippen LogP contribution in [0.5, 0.6) is 0 Å². The van der Waals surface area contributed by atoms with Gasteiger partial charge >= 0.3 is 0 Å². The molecule has 1 saturated heterocycles. The lowest BCUT2D eigenvalue weighted by molar-refractivity contribution is 0.0950. The molecule has 0 aliphatic carbocycles. The number of aromatic nitrogens is 2. The fourth-order valence-corrected chi connectivity index (χ4v) is 3.29. The average Bonchev–Trinajstić information content (AvgIpc) is 2.79. The van der Waals surface area contributed by atoms with Crippen molar-refractivity contribution in [3.63, 3.8) is 0 Å². The van der Waals surface area contributed by atoms with E-state index in [-0.39, 0.29) is 11.7 Å². The van der Waals surface area contributed by atoms with Crippen LogP contribution in [0.1, 0.15) is 15.9 Å². The third-order valence-electron chi connectivity index (χ3n) is 4.95. The van der Waals surface area contributed by atoms with Crippen LogP contribution in [0.15, 0.2) is 67.0 Å². The number of carbonyl (C=O) groups is 1. The summed E-state index contributed by atoms with van der Waals surface area (Å²) in [6.45, 7) is 3.76. The molecule has 0 spiro atoms. The molecule has 1 aromatic heterocycles. The van der Waals surface area contributed by atoms with Gasteiger partial charge in [0.05, 0.1) is 5.56 Å². The van der Waals surface area contributed by atoms with Crippen LogP contribution in [-0.4, -0.2) is 42.1 Å². The lowest BCUT2D eigenvalue weighted by Gasteiger charge is -2.36. The number of para-hydroxylation sites is 1. The second kappa shape index (κ2) is 8.68. The highest BCUT2D eigenvalue weighted by molar-refractivity contribution is 5.93. The zero-order chi connectivity index (χ0) is 20.1. The highest BCUT2D eigenvalue weighted by Crippen LogP contribution is 2.17. The van der Waals surface area contributed by atoms with Crippen LogP contribution < -0.4 is 15.1 Å². The van der Waals surface area contributed by atoms with Crippen molar-refractivity contribution >= 4 is 17.5 Å². The smallest absolute Gasteiger partial charge is 0.254 e. The molecule has 1 fully saturated rings. The summed E-state index contributed by atoms with van der Waals surface area (Å²) < 4.78 is 12.9. The van der Waals surface area contributed by atoms with Crippen molar-refractivity contribution in [3.8, 4) is 0 Å². The van der Waals surface area contributed by atoms with Crippen molar-refractivity contribution in [2.75, 3.05) is 36.0 Å². The lowest BCUT2D eigenvalue weighted by atomic mass is 10.2. The van der Waals surface area contributed by atoms with E-state index in [1.807, 2.05) is 18.2 Å². The quantitative estimate of drug-likeness (QED) is 0.725. The standard InChI is InChI=1S/C22H22FN5O/c23-19-8-6-17(7-9-19)14-24-21(29)18-15-25-22(26-16-18)28-12-10-27(11-13-28)20-4-2-1-3-5-20/h1-9,15-16H,10-14H2,(H,24,29). The van der Waals surface area contributed by atoms with Gasteiger partial charge in [-0.25, -0.2) is 14.4 Å². The maximum Gasteiger partial charge on any atom is 0.254 e. The minimum Gasteiger partial charge on any atom is -0.368 e. The van der Waals surface area contributed by atoms with Crippen LogP contribution in [-0.2, 0) is 6.54 Å². The number of hydrogen-bond donors (Lipinski definition) is 1. The van der Waals surface area contributed by atoms with E-state index in [0.29, 0.717) is 18.1 Å². The van der Waals surface area contributed by atoms with Crippen LogP contribution in [0.3, 0.4) is 0 Å². The van der Waals surface area contributed by atoms with Gasteiger partial charge in [-0.15, -0.1) is 0 Å². The molecule has 0 unspecified atom stereocenters. The van der Waals surface area contributed by atoms with Crippen molar-refractivity contribution in [1.82, 2.24) is 15.3 Å². The number of nitrogens with zero attached hydrogens (tertiary/aromatic N) is 4. The molecule has 0 atom stereocenters. The maximum atomic E-state index is 12.9. The van der Waals surface area contributed by atoms with Crippen molar-refractivity contribution in [1.29, 1.82) is 0 Å². The Kier molecular flexibility index (Phi) is 5.65. The summed E-state index contributed by atoms with van der Waals surface area (Å²) in [4.78, 5) is 25.5. The molecule has 1 aliphatic heterocycles. The van der Waals surface area contributed by atoms with E-state index >= 15 is 0 Å². The highest BCUT2D eigenvalue weighted by Gasteiger charge is 2.19. The van der Waals surface area contributed by atoms with E-state index in [1.165, 1.54) is 17.8 Å². The van der Waals surface area contributed by atoms with Gasteiger partial charge in [0.2, 0.25) is 5.95 Å². The molecule has 7 heteroatoms. The van der Waals surface area contributed by atoms with Crippen molar-refractivity contribution in [3.05, 3.63) is 83.9 Å². The number of anilines is 2. The van der Waals surface area contributed by atoms with Gasteiger partial charge in [-0.05, 0) is 29.8 Å². The fraction of sp³-hybridized carbons (Fsp3) is 0.227. The number of piperazine rings is 1. The molecule has 1 N–H and O–H groups in total. The van der Waals surface area contributed by atoms with Crippen LogP contribution >= 0.6 is 0 Å². The van der Waals surface area contributed by atoms with E-state index < -0.39 is 0 Å². The predicted molar refractivity (Wildman–Crippen MR) is 110 cm³/mol.